The lowest BCUT2D eigenvalue weighted by molar-refractivity contribution is -0.121. The fourth-order valence-electron chi connectivity index (χ4n) is 2.23. The average molecular weight is 421 g/mol. The van der Waals surface area contributed by atoms with Gasteiger partial charge >= 0.3 is 0 Å². The summed E-state index contributed by atoms with van der Waals surface area (Å²) in [4.78, 5) is 12.0. The zero-order chi connectivity index (χ0) is 18.2. The van der Waals surface area contributed by atoms with Crippen LogP contribution in [0.15, 0.2) is 46.9 Å². The predicted molar refractivity (Wildman–Crippen MR) is 109 cm³/mol. The number of amides is 1. The molecule has 6 heteroatoms. The van der Waals surface area contributed by atoms with Crippen molar-refractivity contribution in [3.63, 3.8) is 0 Å². The number of nitrogens with one attached hydrogen (secondary N) is 2. The summed E-state index contributed by atoms with van der Waals surface area (Å²) in [7, 11) is 0. The molecule has 0 unspecified atom stereocenters. The molecule has 0 aliphatic carbocycles. The van der Waals surface area contributed by atoms with Gasteiger partial charge in [-0.05, 0) is 76.9 Å². The van der Waals surface area contributed by atoms with Crippen molar-refractivity contribution in [1.29, 1.82) is 0 Å². The molecule has 0 spiro atoms. The van der Waals surface area contributed by atoms with E-state index < -0.39 is 0 Å². The molecule has 0 saturated carbocycles. The molecule has 0 bridgehead atoms. The summed E-state index contributed by atoms with van der Waals surface area (Å²) in [6.45, 7) is 4.05. The number of ether oxygens (including phenoxy) is 1. The Morgan fingerprint density at radius 2 is 1.92 bits per heavy atom. The summed E-state index contributed by atoms with van der Waals surface area (Å²) < 4.78 is 6.36. The smallest absolute Gasteiger partial charge is 0.264 e. The topological polar surface area (TPSA) is 50.4 Å². The van der Waals surface area contributed by atoms with Crippen molar-refractivity contribution in [2.45, 2.75) is 26.7 Å². The molecule has 0 aliphatic heterocycles. The molecule has 0 atom stereocenters. The number of hydrogen-bond donors (Lipinski definition) is 2. The highest BCUT2D eigenvalue weighted by atomic mass is 79.9. The number of rotatable bonds is 6. The van der Waals surface area contributed by atoms with Crippen LogP contribution in [0.2, 0.25) is 0 Å². The molecule has 0 fully saturated rings. The lowest BCUT2D eigenvalue weighted by Gasteiger charge is -2.12. The molecular formula is C19H21BrN2O2S. The Balaban J connectivity index is 1.80. The lowest BCUT2D eigenvalue weighted by atomic mass is 10.1. The molecule has 2 N–H and O–H groups in total. The molecule has 132 valence electrons. The molecule has 0 heterocycles. The average Bonchev–Trinajstić information content (AvgIpc) is 2.57. The number of thiocarbonyl (C=S) groups is 1. The van der Waals surface area contributed by atoms with Gasteiger partial charge in [0.25, 0.3) is 5.91 Å². The van der Waals surface area contributed by atoms with Gasteiger partial charge in [0.2, 0.25) is 0 Å². The van der Waals surface area contributed by atoms with Crippen LogP contribution in [-0.2, 0) is 11.2 Å². The van der Waals surface area contributed by atoms with Gasteiger partial charge in [0, 0.05) is 4.47 Å². The van der Waals surface area contributed by atoms with E-state index in [4.69, 9.17) is 17.0 Å². The van der Waals surface area contributed by atoms with Crippen LogP contribution in [0.3, 0.4) is 0 Å². The Kier molecular flexibility index (Phi) is 7.40. The third-order valence-corrected chi connectivity index (χ3v) is 4.32. The first kappa shape index (κ1) is 19.4. The van der Waals surface area contributed by atoms with Crippen LogP contribution < -0.4 is 15.4 Å². The Hall–Kier alpha value is -1.92. The van der Waals surface area contributed by atoms with Crippen molar-refractivity contribution in [3.05, 3.63) is 58.1 Å². The molecule has 0 aliphatic rings. The third kappa shape index (κ3) is 6.48. The van der Waals surface area contributed by atoms with Gasteiger partial charge in [-0.25, -0.2) is 0 Å². The lowest BCUT2D eigenvalue weighted by Crippen LogP contribution is -2.37. The van der Waals surface area contributed by atoms with E-state index in [0.29, 0.717) is 5.75 Å². The number of carbonyl (C=O) groups is 1. The van der Waals surface area contributed by atoms with Crippen LogP contribution >= 0.6 is 28.1 Å². The van der Waals surface area contributed by atoms with Gasteiger partial charge in [-0.1, -0.05) is 31.5 Å². The summed E-state index contributed by atoms with van der Waals surface area (Å²) in [5, 5.41) is 5.83. The second-order valence-electron chi connectivity index (χ2n) is 5.67. The fraction of sp³-hybridized carbons (Fsp3) is 0.263. The minimum atomic E-state index is -0.307. The van der Waals surface area contributed by atoms with Gasteiger partial charge in [0.05, 0.1) is 5.69 Å². The Bertz CT molecular complexity index is 748. The van der Waals surface area contributed by atoms with Crippen molar-refractivity contribution < 1.29 is 9.53 Å². The van der Waals surface area contributed by atoms with Crippen molar-refractivity contribution in [3.8, 4) is 5.75 Å². The second kappa shape index (κ2) is 9.53. The van der Waals surface area contributed by atoms with Crippen molar-refractivity contribution >= 4 is 44.9 Å². The summed E-state index contributed by atoms with van der Waals surface area (Å²) >= 11 is 8.62. The number of hydrogen-bond acceptors (Lipinski definition) is 3. The first-order valence-corrected chi connectivity index (χ1v) is 9.26. The molecule has 0 radical (unpaired) electrons. The maximum Gasteiger partial charge on any atom is 0.264 e. The minimum Gasteiger partial charge on any atom is -0.484 e. The highest BCUT2D eigenvalue weighted by Gasteiger charge is 2.08. The van der Waals surface area contributed by atoms with E-state index in [0.717, 1.165) is 28.6 Å². The van der Waals surface area contributed by atoms with Crippen LogP contribution in [0.25, 0.3) is 0 Å². The number of aryl methyl sites for hydroxylation is 2. The van der Waals surface area contributed by atoms with Crippen molar-refractivity contribution in [1.82, 2.24) is 5.32 Å². The number of halogens is 1. The normalized spacial score (nSPS) is 10.2. The SMILES string of the molecule is CCCc1ccc(OCC(=O)NC(=S)Nc2ccc(C)cc2Br)cc1. The highest BCUT2D eigenvalue weighted by Crippen LogP contribution is 2.23. The van der Waals surface area contributed by atoms with Gasteiger partial charge in [-0.15, -0.1) is 0 Å². The van der Waals surface area contributed by atoms with Gasteiger partial charge in [-0.2, -0.15) is 0 Å². The summed E-state index contributed by atoms with van der Waals surface area (Å²) in [5.74, 6) is 0.355. The summed E-state index contributed by atoms with van der Waals surface area (Å²) in [6, 6.07) is 13.6. The summed E-state index contributed by atoms with van der Waals surface area (Å²) in [6.07, 6.45) is 2.14. The van der Waals surface area contributed by atoms with E-state index in [1.165, 1.54) is 5.56 Å². The largest absolute Gasteiger partial charge is 0.484 e. The molecule has 0 saturated heterocycles. The number of benzene rings is 2. The monoisotopic (exact) mass is 420 g/mol. The Morgan fingerprint density at radius 1 is 1.20 bits per heavy atom. The highest BCUT2D eigenvalue weighted by molar-refractivity contribution is 9.10. The van der Waals surface area contributed by atoms with E-state index in [-0.39, 0.29) is 17.6 Å². The Labute approximate surface area is 162 Å². The van der Waals surface area contributed by atoms with Gasteiger partial charge < -0.3 is 10.1 Å². The maximum absolute atomic E-state index is 12.0. The summed E-state index contributed by atoms with van der Waals surface area (Å²) in [5.41, 5.74) is 3.18. The van der Waals surface area contributed by atoms with E-state index in [1.807, 2.05) is 49.4 Å². The zero-order valence-corrected chi connectivity index (χ0v) is 16.7. The van der Waals surface area contributed by atoms with E-state index in [1.54, 1.807) is 0 Å². The molecule has 2 aromatic rings. The molecule has 0 aromatic heterocycles. The minimum absolute atomic E-state index is 0.0932. The molecule has 1 amide bonds. The third-order valence-electron chi connectivity index (χ3n) is 3.46. The van der Waals surface area contributed by atoms with E-state index in [2.05, 4.69) is 33.5 Å². The van der Waals surface area contributed by atoms with Gasteiger partial charge in [-0.3, -0.25) is 10.1 Å². The molecule has 4 nitrogen and oxygen atoms in total. The maximum atomic E-state index is 12.0. The quantitative estimate of drug-likeness (QED) is 0.670. The molecule has 2 aromatic carbocycles. The van der Waals surface area contributed by atoms with E-state index >= 15 is 0 Å². The second-order valence-corrected chi connectivity index (χ2v) is 6.93. The van der Waals surface area contributed by atoms with Crippen LogP contribution in [0.4, 0.5) is 5.69 Å². The van der Waals surface area contributed by atoms with Crippen LogP contribution in [0.1, 0.15) is 24.5 Å². The van der Waals surface area contributed by atoms with Crippen molar-refractivity contribution in [2.24, 2.45) is 0 Å². The van der Waals surface area contributed by atoms with E-state index in [9.17, 15) is 4.79 Å². The standard InChI is InChI=1S/C19H21BrN2O2S/c1-3-4-14-6-8-15(9-7-14)24-12-18(23)22-19(25)21-17-10-5-13(2)11-16(17)20/h5-11H,3-4,12H2,1-2H3,(H2,21,22,23,25). The number of carbonyl (C=O) groups excluding carboxylic acids is 1. The Morgan fingerprint density at radius 3 is 2.56 bits per heavy atom. The number of anilines is 1. The fourth-order valence-corrected chi connectivity index (χ4v) is 3.04. The predicted octanol–water partition coefficient (Wildman–Crippen LogP) is 4.60. The first-order chi connectivity index (χ1) is 12.0. The van der Waals surface area contributed by atoms with Crippen LogP contribution in [-0.4, -0.2) is 17.6 Å². The van der Waals surface area contributed by atoms with Crippen molar-refractivity contribution in [2.75, 3.05) is 11.9 Å². The molecular weight excluding hydrogens is 400 g/mol. The van der Waals surface area contributed by atoms with Crippen LogP contribution in [0, 0.1) is 6.92 Å². The molecule has 2 rings (SSSR count). The first-order valence-electron chi connectivity index (χ1n) is 8.06. The zero-order valence-electron chi connectivity index (χ0n) is 14.3. The van der Waals surface area contributed by atoms with Gasteiger partial charge in [0.1, 0.15) is 5.75 Å². The van der Waals surface area contributed by atoms with Crippen LogP contribution in [0.5, 0.6) is 5.75 Å². The van der Waals surface area contributed by atoms with Gasteiger partial charge in [0.15, 0.2) is 11.7 Å². The molecule has 25 heavy (non-hydrogen) atoms.